The lowest BCUT2D eigenvalue weighted by molar-refractivity contribution is 0.123. The van der Waals surface area contributed by atoms with Crippen molar-refractivity contribution in [2.45, 2.75) is 38.8 Å². The normalized spacial score (nSPS) is 15.9. The van der Waals surface area contributed by atoms with E-state index in [4.69, 9.17) is 0 Å². The quantitative estimate of drug-likeness (QED) is 0.625. The molecule has 0 radical (unpaired) electrons. The van der Waals surface area contributed by atoms with Gasteiger partial charge in [-0.3, -0.25) is 0 Å². The van der Waals surface area contributed by atoms with E-state index in [-0.39, 0.29) is 12.1 Å². The summed E-state index contributed by atoms with van der Waals surface area (Å²) >= 11 is 0. The van der Waals surface area contributed by atoms with E-state index in [1.165, 1.54) is 0 Å². The van der Waals surface area contributed by atoms with Crippen molar-refractivity contribution in [1.29, 1.82) is 0 Å². The van der Waals surface area contributed by atoms with Crippen LogP contribution in [0, 0.1) is 0 Å². The van der Waals surface area contributed by atoms with Crippen LogP contribution in [0.5, 0.6) is 0 Å². The first-order chi connectivity index (χ1) is 7.79. The van der Waals surface area contributed by atoms with E-state index < -0.39 is 0 Å². The number of likely N-dealkylation sites (N-methyl/N-ethyl adjacent to an activating group) is 1. The van der Waals surface area contributed by atoms with Crippen molar-refractivity contribution in [2.24, 2.45) is 0 Å². The third kappa shape index (κ3) is 8.55. The zero-order valence-electron chi connectivity index (χ0n) is 12.5. The van der Waals surface area contributed by atoms with E-state index >= 15 is 0 Å². The van der Waals surface area contributed by atoms with Crippen molar-refractivity contribution < 1.29 is 5.11 Å². The molecule has 0 aromatic rings. The topological polar surface area (TPSA) is 38.7 Å². The highest BCUT2D eigenvalue weighted by atomic mass is 16.3. The molecular formula is C13H31N3O. The molecule has 0 aromatic carbocycles. The second-order valence-corrected chi connectivity index (χ2v) is 5.91. The molecule has 17 heavy (non-hydrogen) atoms. The van der Waals surface area contributed by atoms with Gasteiger partial charge < -0.3 is 20.2 Å². The first-order valence-electron chi connectivity index (χ1n) is 6.51. The Morgan fingerprint density at radius 2 is 1.76 bits per heavy atom. The van der Waals surface area contributed by atoms with Crippen LogP contribution >= 0.6 is 0 Å². The minimum atomic E-state index is -0.207. The molecule has 0 rings (SSSR count). The second-order valence-electron chi connectivity index (χ2n) is 5.91. The van der Waals surface area contributed by atoms with Gasteiger partial charge in [-0.25, -0.2) is 0 Å². The van der Waals surface area contributed by atoms with Crippen LogP contribution in [0.4, 0.5) is 0 Å². The van der Waals surface area contributed by atoms with Crippen molar-refractivity contribution in [2.75, 3.05) is 47.4 Å². The molecule has 0 amide bonds. The summed E-state index contributed by atoms with van der Waals surface area (Å²) in [7, 11) is 6.31. The molecule has 2 N–H and O–H groups in total. The number of aliphatic hydroxyl groups is 1. The number of nitrogens with zero attached hydrogens (tertiary/aromatic N) is 2. The van der Waals surface area contributed by atoms with Gasteiger partial charge in [0.15, 0.2) is 0 Å². The van der Waals surface area contributed by atoms with Crippen molar-refractivity contribution in [3.05, 3.63) is 0 Å². The third-order valence-electron chi connectivity index (χ3n) is 2.75. The minimum absolute atomic E-state index is 0.170. The standard InChI is InChI=1S/C13H31N3O/c1-12(2)14-13(3,11-17)10-16(6)9-7-8-15(4)5/h12,14,17H,7-11H2,1-6H3. The SMILES string of the molecule is CC(C)NC(C)(CO)CN(C)CCCN(C)C. The monoisotopic (exact) mass is 245 g/mol. The van der Waals surface area contributed by atoms with Gasteiger partial charge in [-0.15, -0.1) is 0 Å². The second kappa shape index (κ2) is 8.03. The van der Waals surface area contributed by atoms with E-state index in [1.54, 1.807) is 0 Å². The molecule has 0 aliphatic heterocycles. The van der Waals surface area contributed by atoms with Gasteiger partial charge in [0.25, 0.3) is 0 Å². The fourth-order valence-corrected chi connectivity index (χ4v) is 2.17. The number of hydrogen-bond donors (Lipinski definition) is 2. The summed E-state index contributed by atoms with van der Waals surface area (Å²) in [4.78, 5) is 4.49. The maximum atomic E-state index is 9.50. The highest BCUT2D eigenvalue weighted by Crippen LogP contribution is 2.07. The molecule has 0 saturated carbocycles. The smallest absolute Gasteiger partial charge is 0.0623 e. The van der Waals surface area contributed by atoms with Crippen LogP contribution in [-0.2, 0) is 0 Å². The third-order valence-corrected chi connectivity index (χ3v) is 2.75. The molecule has 1 atom stereocenters. The summed E-state index contributed by atoms with van der Waals surface area (Å²) in [5, 5.41) is 12.9. The Balaban J connectivity index is 4.00. The van der Waals surface area contributed by atoms with Gasteiger partial charge in [-0.1, -0.05) is 13.8 Å². The molecule has 0 aliphatic carbocycles. The largest absolute Gasteiger partial charge is 0.394 e. The zero-order valence-corrected chi connectivity index (χ0v) is 12.5. The average Bonchev–Trinajstić information content (AvgIpc) is 2.15. The van der Waals surface area contributed by atoms with Crippen LogP contribution in [-0.4, -0.2) is 73.9 Å². The van der Waals surface area contributed by atoms with Crippen LogP contribution in [0.15, 0.2) is 0 Å². The van der Waals surface area contributed by atoms with Crippen molar-refractivity contribution in [1.82, 2.24) is 15.1 Å². The Bertz CT molecular complexity index is 197. The molecule has 4 heteroatoms. The fourth-order valence-electron chi connectivity index (χ4n) is 2.17. The maximum absolute atomic E-state index is 9.50. The number of aliphatic hydroxyl groups excluding tert-OH is 1. The highest BCUT2D eigenvalue weighted by molar-refractivity contribution is 4.86. The van der Waals surface area contributed by atoms with Crippen LogP contribution < -0.4 is 5.32 Å². The van der Waals surface area contributed by atoms with Gasteiger partial charge in [0, 0.05) is 12.6 Å². The van der Waals surface area contributed by atoms with E-state index in [9.17, 15) is 5.11 Å². The molecular weight excluding hydrogens is 214 g/mol. The molecule has 0 saturated heterocycles. The summed E-state index contributed by atoms with van der Waals surface area (Å²) in [6.45, 7) is 9.51. The Hall–Kier alpha value is -0.160. The van der Waals surface area contributed by atoms with Crippen LogP contribution in [0.2, 0.25) is 0 Å². The van der Waals surface area contributed by atoms with E-state index in [0.717, 1.165) is 26.1 Å². The maximum Gasteiger partial charge on any atom is 0.0623 e. The first kappa shape index (κ1) is 16.8. The molecule has 0 spiro atoms. The molecule has 4 nitrogen and oxygen atoms in total. The van der Waals surface area contributed by atoms with Gasteiger partial charge in [-0.2, -0.15) is 0 Å². The van der Waals surface area contributed by atoms with Gasteiger partial charge in [0.2, 0.25) is 0 Å². The molecule has 0 aromatic heterocycles. The van der Waals surface area contributed by atoms with Gasteiger partial charge >= 0.3 is 0 Å². The van der Waals surface area contributed by atoms with Crippen LogP contribution in [0.1, 0.15) is 27.2 Å². The lowest BCUT2D eigenvalue weighted by Gasteiger charge is -2.35. The molecule has 104 valence electrons. The Morgan fingerprint density at radius 1 is 1.18 bits per heavy atom. The predicted molar refractivity (Wildman–Crippen MR) is 74.4 cm³/mol. The first-order valence-corrected chi connectivity index (χ1v) is 6.51. The van der Waals surface area contributed by atoms with E-state index in [0.29, 0.717) is 6.04 Å². The van der Waals surface area contributed by atoms with E-state index in [1.807, 2.05) is 0 Å². The summed E-state index contributed by atoms with van der Waals surface area (Å²) in [5.74, 6) is 0. The average molecular weight is 245 g/mol. The zero-order chi connectivity index (χ0) is 13.5. The molecule has 0 aliphatic rings. The molecule has 0 fully saturated rings. The highest BCUT2D eigenvalue weighted by Gasteiger charge is 2.25. The molecule has 1 unspecified atom stereocenters. The Morgan fingerprint density at radius 3 is 2.18 bits per heavy atom. The lowest BCUT2D eigenvalue weighted by atomic mass is 10.0. The van der Waals surface area contributed by atoms with Gasteiger partial charge in [0.05, 0.1) is 12.1 Å². The van der Waals surface area contributed by atoms with Crippen molar-refractivity contribution >= 4 is 0 Å². The summed E-state index contributed by atoms with van der Waals surface area (Å²) in [6.07, 6.45) is 1.16. The molecule has 0 bridgehead atoms. The Kier molecular flexibility index (Phi) is 7.96. The molecule has 0 heterocycles. The van der Waals surface area contributed by atoms with Crippen LogP contribution in [0.25, 0.3) is 0 Å². The van der Waals surface area contributed by atoms with Crippen LogP contribution in [0.3, 0.4) is 0 Å². The van der Waals surface area contributed by atoms with Crippen molar-refractivity contribution in [3.8, 4) is 0 Å². The minimum Gasteiger partial charge on any atom is -0.394 e. The van der Waals surface area contributed by atoms with Crippen molar-refractivity contribution in [3.63, 3.8) is 0 Å². The number of rotatable bonds is 9. The van der Waals surface area contributed by atoms with Gasteiger partial charge in [0.1, 0.15) is 0 Å². The van der Waals surface area contributed by atoms with Gasteiger partial charge in [-0.05, 0) is 47.6 Å². The number of nitrogens with one attached hydrogen (secondary N) is 1. The summed E-state index contributed by atoms with van der Waals surface area (Å²) in [6, 6.07) is 0.391. The summed E-state index contributed by atoms with van der Waals surface area (Å²) < 4.78 is 0. The summed E-state index contributed by atoms with van der Waals surface area (Å²) in [5.41, 5.74) is -0.207. The number of hydrogen-bond acceptors (Lipinski definition) is 4. The Labute approximate surface area is 107 Å². The fraction of sp³-hybridized carbons (Fsp3) is 1.00. The predicted octanol–water partition coefficient (Wildman–Crippen LogP) is 0.619. The lowest BCUT2D eigenvalue weighted by Crippen LogP contribution is -2.55. The van der Waals surface area contributed by atoms with E-state index in [2.05, 4.69) is 57.0 Å².